The van der Waals surface area contributed by atoms with Gasteiger partial charge < -0.3 is 14.8 Å². The molecule has 0 heterocycles. The molecule has 0 radical (unpaired) electrons. The van der Waals surface area contributed by atoms with E-state index in [1.807, 2.05) is 19.2 Å². The summed E-state index contributed by atoms with van der Waals surface area (Å²) in [5.41, 5.74) is 6.18. The zero-order valence-corrected chi connectivity index (χ0v) is 19.5. The number of ether oxygens (including phenoxy) is 2. The van der Waals surface area contributed by atoms with Gasteiger partial charge in [0.2, 0.25) is 0 Å². The van der Waals surface area contributed by atoms with E-state index in [9.17, 15) is 20.2 Å². The number of nitro groups is 2. The van der Waals surface area contributed by atoms with Gasteiger partial charge in [-0.2, -0.15) is 5.10 Å². The molecule has 2 N–H and O–H groups in total. The van der Waals surface area contributed by atoms with Crippen molar-refractivity contribution in [1.29, 1.82) is 0 Å². The number of hydrazone groups is 1. The zero-order valence-electron chi connectivity index (χ0n) is 19.5. The predicted molar refractivity (Wildman–Crippen MR) is 133 cm³/mol. The molecule has 0 aliphatic carbocycles. The minimum Gasteiger partial charge on any atom is -0.493 e. The molecule has 0 saturated carbocycles. The summed E-state index contributed by atoms with van der Waals surface area (Å²) < 4.78 is 11.0. The van der Waals surface area contributed by atoms with Gasteiger partial charge in [-0.05, 0) is 62.0 Å². The molecule has 35 heavy (non-hydrogen) atoms. The van der Waals surface area contributed by atoms with Gasteiger partial charge in [0, 0.05) is 35.4 Å². The molecule has 0 atom stereocenters. The highest BCUT2D eigenvalue weighted by atomic mass is 16.6. The molecule has 11 heteroatoms. The SMILES string of the molecule is CNCCc1cc(OC)c(OC)cc1/C(=N\Nc1ccc([N+](=O)[O-])cc1)c1ccc([N+](=O)[O-])cc1. The Morgan fingerprint density at radius 1 is 0.886 bits per heavy atom. The zero-order chi connectivity index (χ0) is 25.4. The number of hydrogen-bond donors (Lipinski definition) is 2. The molecular formula is C24H25N5O6. The Kier molecular flexibility index (Phi) is 8.30. The van der Waals surface area contributed by atoms with Gasteiger partial charge in [0.05, 0.1) is 35.5 Å². The van der Waals surface area contributed by atoms with E-state index in [2.05, 4.69) is 15.8 Å². The third kappa shape index (κ3) is 6.09. The lowest BCUT2D eigenvalue weighted by atomic mass is 9.95. The van der Waals surface area contributed by atoms with Crippen molar-refractivity contribution < 1.29 is 19.3 Å². The summed E-state index contributed by atoms with van der Waals surface area (Å²) in [6.45, 7) is 0.686. The van der Waals surface area contributed by atoms with Crippen LogP contribution in [-0.4, -0.2) is 43.4 Å². The van der Waals surface area contributed by atoms with E-state index in [0.717, 1.165) is 11.1 Å². The second kappa shape index (κ2) is 11.6. The van der Waals surface area contributed by atoms with E-state index in [1.165, 1.54) is 31.4 Å². The van der Waals surface area contributed by atoms with E-state index in [1.54, 1.807) is 31.4 Å². The van der Waals surface area contributed by atoms with E-state index in [4.69, 9.17) is 9.47 Å². The van der Waals surface area contributed by atoms with Crippen LogP contribution < -0.4 is 20.2 Å². The fraction of sp³-hybridized carbons (Fsp3) is 0.208. The molecule has 11 nitrogen and oxygen atoms in total. The van der Waals surface area contributed by atoms with Crippen LogP contribution in [0.15, 0.2) is 65.8 Å². The van der Waals surface area contributed by atoms with Crippen molar-refractivity contribution in [3.8, 4) is 11.5 Å². The standard InChI is InChI=1S/C24H25N5O6/c1-25-13-12-17-14-22(34-2)23(35-3)15-21(17)24(16-4-8-19(9-5-16)28(30)31)27-26-18-6-10-20(11-7-18)29(32)33/h4-11,14-15,25-26H,12-13H2,1-3H3/b27-24-. The van der Waals surface area contributed by atoms with Crippen LogP contribution in [0.25, 0.3) is 0 Å². The average Bonchev–Trinajstić information content (AvgIpc) is 2.88. The maximum atomic E-state index is 11.1. The summed E-state index contributed by atoms with van der Waals surface area (Å²) in [5.74, 6) is 1.06. The smallest absolute Gasteiger partial charge is 0.269 e. The number of nitrogens with zero attached hydrogens (tertiary/aromatic N) is 3. The average molecular weight is 479 g/mol. The highest BCUT2D eigenvalue weighted by Gasteiger charge is 2.18. The number of nitro benzene ring substituents is 2. The van der Waals surface area contributed by atoms with Crippen LogP contribution in [0.4, 0.5) is 17.1 Å². The molecule has 0 aliphatic heterocycles. The predicted octanol–water partition coefficient (Wildman–Crippen LogP) is 4.15. The van der Waals surface area contributed by atoms with Gasteiger partial charge in [0.15, 0.2) is 11.5 Å². The number of anilines is 1. The van der Waals surface area contributed by atoms with Gasteiger partial charge in [-0.1, -0.05) is 0 Å². The Labute approximate surface area is 201 Å². The van der Waals surface area contributed by atoms with Crippen LogP contribution in [0, 0.1) is 20.2 Å². The van der Waals surface area contributed by atoms with Gasteiger partial charge in [-0.3, -0.25) is 25.7 Å². The fourth-order valence-corrected chi connectivity index (χ4v) is 3.41. The van der Waals surface area contributed by atoms with Crippen molar-refractivity contribution in [3.63, 3.8) is 0 Å². The fourth-order valence-electron chi connectivity index (χ4n) is 3.41. The van der Waals surface area contributed by atoms with E-state index in [-0.39, 0.29) is 11.4 Å². The van der Waals surface area contributed by atoms with Gasteiger partial charge in [-0.25, -0.2) is 0 Å². The van der Waals surface area contributed by atoms with Crippen molar-refractivity contribution in [2.75, 3.05) is 33.2 Å². The summed E-state index contributed by atoms with van der Waals surface area (Å²) in [5, 5.41) is 29.8. The lowest BCUT2D eigenvalue weighted by Crippen LogP contribution is -2.15. The molecule has 0 saturated heterocycles. The maximum Gasteiger partial charge on any atom is 0.269 e. The van der Waals surface area contributed by atoms with Crippen LogP contribution in [-0.2, 0) is 6.42 Å². The highest BCUT2D eigenvalue weighted by molar-refractivity contribution is 6.14. The van der Waals surface area contributed by atoms with Gasteiger partial charge in [0.25, 0.3) is 11.4 Å². The summed E-state index contributed by atoms with van der Waals surface area (Å²) >= 11 is 0. The first-order valence-electron chi connectivity index (χ1n) is 10.6. The second-order valence-electron chi connectivity index (χ2n) is 7.40. The highest BCUT2D eigenvalue weighted by Crippen LogP contribution is 2.32. The lowest BCUT2D eigenvalue weighted by Gasteiger charge is -2.17. The largest absolute Gasteiger partial charge is 0.493 e. The quantitative estimate of drug-likeness (QED) is 0.237. The molecule has 182 valence electrons. The number of likely N-dealkylation sites (N-methyl/N-ethyl adjacent to an activating group) is 1. The van der Waals surface area contributed by atoms with Crippen molar-refractivity contribution >= 4 is 22.8 Å². The first-order chi connectivity index (χ1) is 16.9. The topological polar surface area (TPSA) is 141 Å². The Balaban J connectivity index is 2.14. The van der Waals surface area contributed by atoms with Crippen LogP contribution in [0.5, 0.6) is 11.5 Å². The first kappa shape index (κ1) is 25.1. The lowest BCUT2D eigenvalue weighted by molar-refractivity contribution is -0.385. The summed E-state index contributed by atoms with van der Waals surface area (Å²) in [6.07, 6.45) is 0.649. The number of methoxy groups -OCH3 is 2. The monoisotopic (exact) mass is 479 g/mol. The molecular weight excluding hydrogens is 454 g/mol. The van der Waals surface area contributed by atoms with Crippen molar-refractivity contribution in [2.45, 2.75) is 6.42 Å². The maximum absolute atomic E-state index is 11.1. The molecule has 0 aromatic heterocycles. The van der Waals surface area contributed by atoms with Crippen molar-refractivity contribution in [1.82, 2.24) is 5.32 Å². The Morgan fingerprint density at radius 2 is 1.43 bits per heavy atom. The molecule has 0 aliphatic rings. The number of rotatable bonds is 11. The van der Waals surface area contributed by atoms with Gasteiger partial charge >= 0.3 is 0 Å². The summed E-state index contributed by atoms with van der Waals surface area (Å²) in [4.78, 5) is 21.1. The number of hydrogen-bond acceptors (Lipinski definition) is 9. The van der Waals surface area contributed by atoms with E-state index in [0.29, 0.717) is 41.4 Å². The molecule has 3 aromatic rings. The van der Waals surface area contributed by atoms with Crippen LogP contribution >= 0.6 is 0 Å². The first-order valence-corrected chi connectivity index (χ1v) is 10.6. The van der Waals surface area contributed by atoms with Crippen molar-refractivity contribution in [2.24, 2.45) is 5.10 Å². The Hall–Kier alpha value is -4.51. The number of non-ortho nitro benzene ring substituents is 2. The van der Waals surface area contributed by atoms with E-state index >= 15 is 0 Å². The molecule has 0 bridgehead atoms. The summed E-state index contributed by atoms with van der Waals surface area (Å²) in [6, 6.07) is 15.6. The summed E-state index contributed by atoms with van der Waals surface area (Å²) in [7, 11) is 4.94. The van der Waals surface area contributed by atoms with Crippen LogP contribution in [0.2, 0.25) is 0 Å². The Morgan fingerprint density at radius 3 is 1.94 bits per heavy atom. The Bertz CT molecular complexity index is 1230. The van der Waals surface area contributed by atoms with Crippen LogP contribution in [0.3, 0.4) is 0 Å². The van der Waals surface area contributed by atoms with Gasteiger partial charge in [0.1, 0.15) is 0 Å². The molecule has 0 spiro atoms. The van der Waals surface area contributed by atoms with Crippen LogP contribution in [0.1, 0.15) is 16.7 Å². The normalized spacial score (nSPS) is 11.1. The van der Waals surface area contributed by atoms with E-state index < -0.39 is 9.85 Å². The third-order valence-corrected chi connectivity index (χ3v) is 5.24. The van der Waals surface area contributed by atoms with Gasteiger partial charge in [-0.15, -0.1) is 0 Å². The number of benzene rings is 3. The molecule has 0 fully saturated rings. The molecule has 0 amide bonds. The molecule has 3 aromatic carbocycles. The second-order valence-corrected chi connectivity index (χ2v) is 7.40. The molecule has 0 unspecified atom stereocenters. The number of nitrogens with one attached hydrogen (secondary N) is 2. The molecule has 3 rings (SSSR count). The minimum absolute atomic E-state index is 0.0376. The minimum atomic E-state index is -0.479. The van der Waals surface area contributed by atoms with Crippen molar-refractivity contribution in [3.05, 3.63) is 97.6 Å². The third-order valence-electron chi connectivity index (χ3n) is 5.24.